The monoisotopic (exact) mass is 334 g/mol. The highest BCUT2D eigenvalue weighted by Gasteiger charge is 2.02. The van der Waals surface area contributed by atoms with Gasteiger partial charge >= 0.3 is 0 Å². The van der Waals surface area contributed by atoms with Crippen LogP contribution in [0.1, 0.15) is 11.1 Å². The molecule has 0 spiro atoms. The van der Waals surface area contributed by atoms with Gasteiger partial charge in [0, 0.05) is 7.05 Å². The van der Waals surface area contributed by atoms with Crippen LogP contribution in [0.5, 0.6) is 5.75 Å². The second kappa shape index (κ2) is 7.05. The first kappa shape index (κ1) is 16.5. The molecule has 0 bridgehead atoms. The average molecular weight is 334 g/mol. The predicted octanol–water partition coefficient (Wildman–Crippen LogP) is 0.740. The van der Waals surface area contributed by atoms with E-state index in [2.05, 4.69) is 4.98 Å². The SMILES string of the molecule is COc1ccc(/C=c2/c(=O)[nH]/c(=C\c3ccccc3)c(=O)n2C)cc1. The Kier molecular flexibility index (Phi) is 4.66. The lowest BCUT2D eigenvalue weighted by molar-refractivity contribution is 0.415. The van der Waals surface area contributed by atoms with Crippen molar-refractivity contribution >= 4 is 12.2 Å². The zero-order valence-electron chi connectivity index (χ0n) is 14.0. The molecular weight excluding hydrogens is 316 g/mol. The highest BCUT2D eigenvalue weighted by atomic mass is 16.5. The summed E-state index contributed by atoms with van der Waals surface area (Å²) in [5, 5.41) is 0.547. The van der Waals surface area contributed by atoms with E-state index in [9.17, 15) is 9.59 Å². The van der Waals surface area contributed by atoms with Crippen LogP contribution in [0, 0.1) is 0 Å². The molecule has 0 atom stereocenters. The van der Waals surface area contributed by atoms with E-state index in [1.807, 2.05) is 42.5 Å². The maximum absolute atomic E-state index is 12.6. The Morgan fingerprint density at radius 3 is 2.20 bits per heavy atom. The quantitative estimate of drug-likeness (QED) is 0.768. The summed E-state index contributed by atoms with van der Waals surface area (Å²) in [6.45, 7) is 0. The highest BCUT2D eigenvalue weighted by Crippen LogP contribution is 2.11. The fourth-order valence-electron chi connectivity index (χ4n) is 2.52. The van der Waals surface area contributed by atoms with Crippen LogP contribution < -0.4 is 26.6 Å². The molecule has 0 unspecified atom stereocenters. The smallest absolute Gasteiger partial charge is 0.274 e. The summed E-state index contributed by atoms with van der Waals surface area (Å²) in [5.41, 5.74) is 1.08. The number of hydrogen-bond donors (Lipinski definition) is 1. The minimum absolute atomic E-state index is 0.255. The molecule has 0 aliphatic heterocycles. The van der Waals surface area contributed by atoms with Crippen LogP contribution in [0.15, 0.2) is 64.2 Å². The average Bonchev–Trinajstić information content (AvgIpc) is 2.64. The molecule has 5 nitrogen and oxygen atoms in total. The van der Waals surface area contributed by atoms with Crippen molar-refractivity contribution < 1.29 is 4.74 Å². The van der Waals surface area contributed by atoms with Crippen LogP contribution in [-0.4, -0.2) is 16.7 Å². The van der Waals surface area contributed by atoms with Gasteiger partial charge in [-0.15, -0.1) is 0 Å². The van der Waals surface area contributed by atoms with Crippen molar-refractivity contribution in [1.82, 2.24) is 9.55 Å². The molecule has 0 amide bonds. The van der Waals surface area contributed by atoms with E-state index in [0.29, 0.717) is 5.35 Å². The molecule has 0 aliphatic carbocycles. The lowest BCUT2D eigenvalue weighted by atomic mass is 10.2. The van der Waals surface area contributed by atoms with Crippen molar-refractivity contribution in [3.63, 3.8) is 0 Å². The minimum atomic E-state index is -0.319. The van der Waals surface area contributed by atoms with Crippen molar-refractivity contribution in [2.24, 2.45) is 7.05 Å². The minimum Gasteiger partial charge on any atom is -0.497 e. The van der Waals surface area contributed by atoms with Gasteiger partial charge in [-0.2, -0.15) is 0 Å². The van der Waals surface area contributed by atoms with Gasteiger partial charge in [-0.3, -0.25) is 9.59 Å². The van der Waals surface area contributed by atoms with Gasteiger partial charge in [0.25, 0.3) is 11.1 Å². The molecule has 3 rings (SSSR count). The standard InChI is InChI=1S/C20H18N2O3/c1-22-18(13-15-8-10-16(25-2)11-9-15)19(23)21-17(20(22)24)12-14-6-4-3-5-7-14/h3-13H,1-2H3,(H,21,23)/b17-12-,18-13-. The molecule has 1 aromatic heterocycles. The molecule has 0 radical (unpaired) electrons. The van der Waals surface area contributed by atoms with Gasteiger partial charge in [-0.05, 0) is 35.4 Å². The largest absolute Gasteiger partial charge is 0.497 e. The van der Waals surface area contributed by atoms with Gasteiger partial charge < -0.3 is 14.3 Å². The number of nitrogens with zero attached hydrogens (tertiary/aromatic N) is 1. The number of aromatic amines is 1. The number of nitrogens with one attached hydrogen (secondary N) is 1. The highest BCUT2D eigenvalue weighted by molar-refractivity contribution is 5.50. The third-order valence-electron chi connectivity index (χ3n) is 3.91. The van der Waals surface area contributed by atoms with Crippen LogP contribution in [0.2, 0.25) is 0 Å². The third-order valence-corrected chi connectivity index (χ3v) is 3.91. The topological polar surface area (TPSA) is 64.1 Å². The van der Waals surface area contributed by atoms with Crippen LogP contribution in [0.3, 0.4) is 0 Å². The number of H-pyrrole nitrogens is 1. The fraction of sp³-hybridized carbons (Fsp3) is 0.100. The summed E-state index contributed by atoms with van der Waals surface area (Å²) in [5.74, 6) is 0.729. The molecule has 0 fully saturated rings. The van der Waals surface area contributed by atoms with Crippen LogP contribution in [0.25, 0.3) is 12.2 Å². The van der Waals surface area contributed by atoms with E-state index in [0.717, 1.165) is 16.9 Å². The summed E-state index contributed by atoms with van der Waals surface area (Å²) in [6.07, 6.45) is 3.34. The number of rotatable bonds is 3. The Hall–Kier alpha value is -3.34. The van der Waals surface area contributed by atoms with E-state index in [1.54, 1.807) is 38.4 Å². The zero-order chi connectivity index (χ0) is 17.8. The van der Waals surface area contributed by atoms with Crippen LogP contribution in [0.4, 0.5) is 0 Å². The Labute approximate surface area is 144 Å². The number of benzene rings is 2. The maximum atomic E-state index is 12.6. The first-order chi connectivity index (χ1) is 12.1. The van der Waals surface area contributed by atoms with Crippen molar-refractivity contribution in [2.75, 3.05) is 7.11 Å². The van der Waals surface area contributed by atoms with Gasteiger partial charge in [0.05, 0.1) is 7.11 Å². The first-order valence-corrected chi connectivity index (χ1v) is 7.80. The normalized spacial score (nSPS) is 12.4. The summed E-state index contributed by atoms with van der Waals surface area (Å²) < 4.78 is 6.48. The molecule has 0 saturated heterocycles. The molecule has 1 N–H and O–H groups in total. The third kappa shape index (κ3) is 3.61. The van der Waals surface area contributed by atoms with Crippen molar-refractivity contribution in [1.29, 1.82) is 0 Å². The van der Waals surface area contributed by atoms with Gasteiger partial charge in [0.1, 0.15) is 16.4 Å². The number of hydrogen-bond acceptors (Lipinski definition) is 3. The van der Waals surface area contributed by atoms with E-state index in [4.69, 9.17) is 4.74 Å². The molecular formula is C20H18N2O3. The summed E-state index contributed by atoms with van der Waals surface area (Å²) >= 11 is 0. The Morgan fingerprint density at radius 2 is 1.56 bits per heavy atom. The van der Waals surface area contributed by atoms with Gasteiger partial charge in [-0.1, -0.05) is 42.5 Å². The predicted molar refractivity (Wildman–Crippen MR) is 98.1 cm³/mol. The fourth-order valence-corrected chi connectivity index (χ4v) is 2.52. The van der Waals surface area contributed by atoms with Crippen LogP contribution >= 0.6 is 0 Å². The lowest BCUT2D eigenvalue weighted by Gasteiger charge is -2.01. The van der Waals surface area contributed by atoms with Crippen molar-refractivity contribution in [3.05, 3.63) is 97.1 Å². The Bertz CT molecular complexity index is 1110. The molecule has 5 heteroatoms. The van der Waals surface area contributed by atoms with E-state index in [1.165, 1.54) is 4.57 Å². The second-order valence-corrected chi connectivity index (χ2v) is 5.59. The molecule has 0 saturated carbocycles. The van der Waals surface area contributed by atoms with E-state index >= 15 is 0 Å². The second-order valence-electron chi connectivity index (χ2n) is 5.59. The number of aromatic nitrogens is 2. The summed E-state index contributed by atoms with van der Waals surface area (Å²) in [6, 6.07) is 16.6. The number of methoxy groups -OCH3 is 1. The molecule has 3 aromatic rings. The number of ether oxygens (including phenoxy) is 1. The summed E-state index contributed by atoms with van der Waals surface area (Å²) in [7, 11) is 3.18. The zero-order valence-corrected chi connectivity index (χ0v) is 14.0. The van der Waals surface area contributed by atoms with Gasteiger partial charge in [-0.25, -0.2) is 0 Å². The molecule has 126 valence electrons. The molecule has 2 aromatic carbocycles. The Balaban J connectivity index is 2.16. The maximum Gasteiger partial charge on any atom is 0.274 e. The van der Waals surface area contributed by atoms with Gasteiger partial charge in [0.15, 0.2) is 0 Å². The van der Waals surface area contributed by atoms with Crippen LogP contribution in [-0.2, 0) is 7.05 Å². The van der Waals surface area contributed by atoms with Crippen molar-refractivity contribution in [3.8, 4) is 5.75 Å². The van der Waals surface area contributed by atoms with E-state index < -0.39 is 0 Å². The molecule has 1 heterocycles. The summed E-state index contributed by atoms with van der Waals surface area (Å²) in [4.78, 5) is 27.7. The first-order valence-electron chi connectivity index (χ1n) is 7.80. The van der Waals surface area contributed by atoms with Crippen molar-refractivity contribution in [2.45, 2.75) is 0 Å². The Morgan fingerprint density at radius 1 is 0.920 bits per heavy atom. The lowest BCUT2D eigenvalue weighted by Crippen LogP contribution is -2.52. The molecule has 0 aliphatic rings. The molecule has 25 heavy (non-hydrogen) atoms. The van der Waals surface area contributed by atoms with Gasteiger partial charge in [0.2, 0.25) is 0 Å². The van der Waals surface area contributed by atoms with E-state index in [-0.39, 0.29) is 16.5 Å².